The van der Waals surface area contributed by atoms with Crippen LogP contribution >= 0.6 is 11.8 Å². The summed E-state index contributed by atoms with van der Waals surface area (Å²) in [6.07, 6.45) is 0. The van der Waals surface area contributed by atoms with Crippen molar-refractivity contribution in [1.29, 1.82) is 0 Å². The Morgan fingerprint density at radius 3 is 2.42 bits per heavy atom. The molecule has 4 rings (SSSR count). The Kier molecular flexibility index (Phi) is 5.13. The predicted molar refractivity (Wildman–Crippen MR) is 103 cm³/mol. The number of rotatable bonds is 4. The molecule has 132 valence electrons. The average Bonchev–Trinajstić information content (AvgIpc) is 2.73. The molecular formula is C20H19N3O2S. The predicted octanol–water partition coefficient (Wildman–Crippen LogP) is 3.25. The number of nitrogens with zero attached hydrogens (tertiary/aromatic N) is 3. The number of aromatic nitrogens is 2. The average molecular weight is 365 g/mol. The summed E-state index contributed by atoms with van der Waals surface area (Å²) in [4.78, 5) is 14.2. The Hall–Kier alpha value is -2.44. The zero-order chi connectivity index (χ0) is 17.8. The van der Waals surface area contributed by atoms with Crippen LogP contribution in [0.2, 0.25) is 0 Å². The van der Waals surface area contributed by atoms with Gasteiger partial charge in [0.2, 0.25) is 5.91 Å². The Labute approximate surface area is 156 Å². The maximum atomic E-state index is 12.4. The summed E-state index contributed by atoms with van der Waals surface area (Å²) in [7, 11) is 0. The highest BCUT2D eigenvalue weighted by Gasteiger charge is 2.18. The zero-order valence-electron chi connectivity index (χ0n) is 14.3. The molecule has 0 aliphatic carbocycles. The summed E-state index contributed by atoms with van der Waals surface area (Å²) in [5, 5.41) is 11.7. The molecular weight excluding hydrogens is 346 g/mol. The highest BCUT2D eigenvalue weighted by molar-refractivity contribution is 8.00. The monoisotopic (exact) mass is 365 g/mol. The van der Waals surface area contributed by atoms with Gasteiger partial charge in [0.15, 0.2) is 0 Å². The molecule has 0 atom stereocenters. The van der Waals surface area contributed by atoms with Crippen LogP contribution < -0.4 is 0 Å². The molecule has 0 unspecified atom stereocenters. The molecule has 1 amide bonds. The number of amides is 1. The molecule has 3 aromatic rings. The van der Waals surface area contributed by atoms with Crippen molar-refractivity contribution < 1.29 is 9.53 Å². The van der Waals surface area contributed by atoms with Crippen LogP contribution in [0.4, 0.5) is 0 Å². The van der Waals surface area contributed by atoms with E-state index in [1.807, 2.05) is 53.4 Å². The lowest BCUT2D eigenvalue weighted by atomic mass is 10.1. The van der Waals surface area contributed by atoms with Crippen LogP contribution in [0.3, 0.4) is 0 Å². The number of hydrogen-bond acceptors (Lipinski definition) is 5. The maximum Gasteiger partial charge on any atom is 0.233 e. The summed E-state index contributed by atoms with van der Waals surface area (Å²) in [5.41, 5.74) is 1.90. The van der Waals surface area contributed by atoms with Gasteiger partial charge in [-0.2, -0.15) is 0 Å². The number of carbonyl (C=O) groups excluding carboxylic acids is 1. The molecule has 0 saturated carbocycles. The molecule has 1 aromatic heterocycles. The molecule has 2 heterocycles. The minimum absolute atomic E-state index is 0.122. The molecule has 2 aromatic carbocycles. The molecule has 1 saturated heterocycles. The molecule has 0 radical (unpaired) electrons. The van der Waals surface area contributed by atoms with Crippen molar-refractivity contribution in [2.24, 2.45) is 0 Å². The minimum Gasteiger partial charge on any atom is -0.378 e. The van der Waals surface area contributed by atoms with Gasteiger partial charge >= 0.3 is 0 Å². The second-order valence-corrected chi connectivity index (χ2v) is 7.01. The fraction of sp³-hybridized carbons (Fsp3) is 0.250. The van der Waals surface area contributed by atoms with Gasteiger partial charge in [-0.1, -0.05) is 66.4 Å². The molecule has 5 nitrogen and oxygen atoms in total. The van der Waals surface area contributed by atoms with Gasteiger partial charge in [-0.3, -0.25) is 4.79 Å². The van der Waals surface area contributed by atoms with Gasteiger partial charge < -0.3 is 9.64 Å². The number of ether oxygens (including phenoxy) is 1. The number of benzene rings is 2. The summed E-state index contributed by atoms with van der Waals surface area (Å²) in [6.45, 7) is 2.56. The maximum absolute atomic E-state index is 12.4. The lowest BCUT2D eigenvalue weighted by molar-refractivity contribution is -0.132. The summed E-state index contributed by atoms with van der Waals surface area (Å²) < 4.78 is 5.30. The third kappa shape index (κ3) is 3.57. The normalized spacial score (nSPS) is 14.5. The number of hydrogen-bond donors (Lipinski definition) is 0. The highest BCUT2D eigenvalue weighted by Crippen LogP contribution is 2.31. The van der Waals surface area contributed by atoms with Crippen LogP contribution in [-0.2, 0) is 9.53 Å². The fourth-order valence-electron chi connectivity index (χ4n) is 3.03. The van der Waals surface area contributed by atoms with Gasteiger partial charge in [0.25, 0.3) is 0 Å². The molecule has 0 bridgehead atoms. The van der Waals surface area contributed by atoms with Crippen molar-refractivity contribution in [2.75, 3.05) is 32.1 Å². The van der Waals surface area contributed by atoms with E-state index >= 15 is 0 Å². The van der Waals surface area contributed by atoms with Crippen LogP contribution in [0.25, 0.3) is 22.0 Å². The van der Waals surface area contributed by atoms with Crippen LogP contribution in [0, 0.1) is 0 Å². The van der Waals surface area contributed by atoms with Crippen LogP contribution in [0.1, 0.15) is 0 Å². The Morgan fingerprint density at radius 1 is 0.962 bits per heavy atom. The topological polar surface area (TPSA) is 55.3 Å². The number of carbonyl (C=O) groups is 1. The Bertz CT molecular complexity index is 911. The molecule has 26 heavy (non-hydrogen) atoms. The van der Waals surface area contributed by atoms with Gasteiger partial charge in [0, 0.05) is 29.4 Å². The molecule has 1 aliphatic heterocycles. The third-order valence-electron chi connectivity index (χ3n) is 4.40. The molecule has 0 spiro atoms. The van der Waals surface area contributed by atoms with Crippen molar-refractivity contribution in [3.8, 4) is 11.3 Å². The second-order valence-electron chi connectivity index (χ2n) is 6.05. The first-order valence-corrected chi connectivity index (χ1v) is 9.60. The fourth-order valence-corrected chi connectivity index (χ4v) is 3.90. The summed E-state index contributed by atoms with van der Waals surface area (Å²) in [5.74, 6) is 0.486. The SMILES string of the molecule is O=C(CSc1nnc(-c2ccccc2)c2ccccc12)N1CCOCC1. The van der Waals surface area contributed by atoms with Crippen LogP contribution in [0.5, 0.6) is 0 Å². The minimum atomic E-state index is 0.122. The number of fused-ring (bicyclic) bond motifs is 1. The molecule has 0 N–H and O–H groups in total. The molecule has 6 heteroatoms. The van der Waals surface area contributed by atoms with Crippen molar-refractivity contribution >= 4 is 28.4 Å². The first-order chi connectivity index (χ1) is 12.8. The van der Waals surface area contributed by atoms with Gasteiger partial charge in [-0.05, 0) is 0 Å². The quantitative estimate of drug-likeness (QED) is 0.665. The van der Waals surface area contributed by atoms with Crippen molar-refractivity contribution in [2.45, 2.75) is 5.03 Å². The summed E-state index contributed by atoms with van der Waals surface area (Å²) >= 11 is 1.45. The van der Waals surface area contributed by atoms with E-state index in [9.17, 15) is 4.79 Å². The smallest absolute Gasteiger partial charge is 0.233 e. The first kappa shape index (κ1) is 17.0. The number of morpholine rings is 1. The standard InChI is InChI=1S/C20H19N3O2S/c24-18(23-10-12-25-13-11-23)14-26-20-17-9-5-4-8-16(17)19(21-22-20)15-6-2-1-3-7-15/h1-9H,10-14H2. The van der Waals surface area contributed by atoms with Gasteiger partial charge in [-0.25, -0.2) is 0 Å². The van der Waals surface area contributed by atoms with Crippen molar-refractivity contribution in [1.82, 2.24) is 15.1 Å². The van der Waals surface area contributed by atoms with Crippen molar-refractivity contribution in [3.63, 3.8) is 0 Å². The van der Waals surface area contributed by atoms with Crippen LogP contribution in [0.15, 0.2) is 59.6 Å². The third-order valence-corrected chi connectivity index (χ3v) is 5.36. The number of thioether (sulfide) groups is 1. The van der Waals surface area contributed by atoms with E-state index < -0.39 is 0 Å². The van der Waals surface area contributed by atoms with E-state index in [1.165, 1.54) is 11.8 Å². The lowest BCUT2D eigenvalue weighted by Gasteiger charge is -2.26. The molecule has 1 aliphatic rings. The Morgan fingerprint density at radius 2 is 1.65 bits per heavy atom. The first-order valence-electron chi connectivity index (χ1n) is 8.62. The van der Waals surface area contributed by atoms with Gasteiger partial charge in [-0.15, -0.1) is 10.2 Å². The highest BCUT2D eigenvalue weighted by atomic mass is 32.2. The second kappa shape index (κ2) is 7.85. The van der Waals surface area contributed by atoms with Gasteiger partial charge in [0.05, 0.1) is 19.0 Å². The van der Waals surface area contributed by atoms with E-state index in [4.69, 9.17) is 4.74 Å². The van der Waals surface area contributed by atoms with E-state index in [2.05, 4.69) is 16.3 Å². The molecule has 1 fully saturated rings. The van der Waals surface area contributed by atoms with Crippen molar-refractivity contribution in [3.05, 3.63) is 54.6 Å². The van der Waals surface area contributed by atoms with Crippen LogP contribution in [-0.4, -0.2) is 53.1 Å². The van der Waals surface area contributed by atoms with E-state index in [0.717, 1.165) is 27.1 Å². The Balaban J connectivity index is 1.59. The largest absolute Gasteiger partial charge is 0.378 e. The van der Waals surface area contributed by atoms with E-state index in [0.29, 0.717) is 32.1 Å². The van der Waals surface area contributed by atoms with E-state index in [1.54, 1.807) is 0 Å². The zero-order valence-corrected chi connectivity index (χ0v) is 15.1. The van der Waals surface area contributed by atoms with E-state index in [-0.39, 0.29) is 5.91 Å². The lowest BCUT2D eigenvalue weighted by Crippen LogP contribution is -2.41. The summed E-state index contributed by atoms with van der Waals surface area (Å²) in [6, 6.07) is 18.1. The van der Waals surface area contributed by atoms with Gasteiger partial charge in [0.1, 0.15) is 10.7 Å².